The lowest BCUT2D eigenvalue weighted by molar-refractivity contribution is -0.163. The SMILES string of the molecule is CC/C=C\C/C=C\C/C=C\C/C=C\C/C=C\CCCC(=O)OCC(COCCCCCCCCCC)OC(=O)CCCCCCCCCCCCCCC. The van der Waals surface area contributed by atoms with Crippen molar-refractivity contribution in [3.8, 4) is 0 Å². The second-order valence-electron chi connectivity index (χ2n) is 14.9. The molecule has 312 valence electrons. The van der Waals surface area contributed by atoms with E-state index in [0.717, 1.165) is 70.6 Å². The van der Waals surface area contributed by atoms with Gasteiger partial charge in [0.05, 0.1) is 6.61 Å². The van der Waals surface area contributed by atoms with Crippen LogP contribution in [-0.2, 0) is 23.8 Å². The standard InChI is InChI=1S/C49H86O5/c1-4-7-10-13-16-19-21-23-24-25-26-28-29-31-33-36-39-42-48(50)53-46-47(45-52-44-41-38-35-18-15-12-9-6-3)54-49(51)43-40-37-34-32-30-27-22-20-17-14-11-8-5-2/h7,10,16,19,23-24,26,28,31,33,47H,4-6,8-9,11-15,17-18,20-22,25,27,29-30,32,34-46H2,1-3H3/b10-7-,19-16-,24-23-,28-26-,33-31-. The number of carbonyl (C=O) groups excluding carboxylic acids is 2. The molecule has 0 aliphatic carbocycles. The molecule has 0 fully saturated rings. The Labute approximate surface area is 334 Å². The van der Waals surface area contributed by atoms with Crippen molar-refractivity contribution in [2.24, 2.45) is 0 Å². The molecule has 0 spiro atoms. The van der Waals surface area contributed by atoms with E-state index in [-0.39, 0.29) is 25.2 Å². The largest absolute Gasteiger partial charge is 0.462 e. The summed E-state index contributed by atoms with van der Waals surface area (Å²) in [6.45, 7) is 7.64. The molecule has 0 aliphatic rings. The van der Waals surface area contributed by atoms with Crippen molar-refractivity contribution in [2.75, 3.05) is 19.8 Å². The van der Waals surface area contributed by atoms with E-state index in [4.69, 9.17) is 14.2 Å². The molecule has 0 aliphatic heterocycles. The monoisotopic (exact) mass is 755 g/mol. The van der Waals surface area contributed by atoms with Gasteiger partial charge in [-0.15, -0.1) is 0 Å². The summed E-state index contributed by atoms with van der Waals surface area (Å²) in [5, 5.41) is 0. The van der Waals surface area contributed by atoms with Crippen molar-refractivity contribution in [3.63, 3.8) is 0 Å². The maximum absolute atomic E-state index is 12.7. The van der Waals surface area contributed by atoms with Gasteiger partial charge in [-0.25, -0.2) is 0 Å². The molecular formula is C49H86O5. The molecule has 0 aromatic rings. The molecule has 0 rings (SSSR count). The molecule has 0 aromatic carbocycles. The molecule has 0 radical (unpaired) electrons. The highest BCUT2D eigenvalue weighted by Crippen LogP contribution is 2.14. The van der Waals surface area contributed by atoms with Gasteiger partial charge in [0.2, 0.25) is 0 Å². The number of ether oxygens (including phenoxy) is 3. The summed E-state index contributed by atoms with van der Waals surface area (Å²) in [6, 6.07) is 0. The van der Waals surface area contributed by atoms with Gasteiger partial charge in [-0.1, -0.05) is 204 Å². The predicted octanol–water partition coefficient (Wildman–Crippen LogP) is 15.0. The van der Waals surface area contributed by atoms with Gasteiger partial charge in [0.25, 0.3) is 0 Å². The third-order valence-corrected chi connectivity index (χ3v) is 9.57. The van der Waals surface area contributed by atoms with Gasteiger partial charge < -0.3 is 14.2 Å². The summed E-state index contributed by atoms with van der Waals surface area (Å²) < 4.78 is 17.2. The molecule has 0 amide bonds. The Morgan fingerprint density at radius 1 is 0.426 bits per heavy atom. The van der Waals surface area contributed by atoms with Gasteiger partial charge in [0, 0.05) is 19.4 Å². The van der Waals surface area contributed by atoms with Gasteiger partial charge in [0.1, 0.15) is 6.61 Å². The summed E-state index contributed by atoms with van der Waals surface area (Å²) in [6.07, 6.45) is 55.1. The first-order valence-electron chi connectivity index (χ1n) is 22.8. The quantitative estimate of drug-likeness (QED) is 0.0353. The molecule has 0 bridgehead atoms. The number of esters is 2. The molecule has 0 N–H and O–H groups in total. The van der Waals surface area contributed by atoms with Crippen LogP contribution in [0.1, 0.15) is 213 Å². The maximum atomic E-state index is 12.7. The van der Waals surface area contributed by atoms with E-state index in [1.807, 2.05) is 0 Å². The minimum atomic E-state index is -0.552. The van der Waals surface area contributed by atoms with Crippen LogP contribution in [-0.4, -0.2) is 37.9 Å². The third-order valence-electron chi connectivity index (χ3n) is 9.57. The second-order valence-corrected chi connectivity index (χ2v) is 14.9. The normalized spacial score (nSPS) is 12.7. The summed E-state index contributed by atoms with van der Waals surface area (Å²) in [4.78, 5) is 25.2. The number of hydrogen-bond acceptors (Lipinski definition) is 5. The number of hydrogen-bond donors (Lipinski definition) is 0. The Bertz CT molecular complexity index is 946. The molecule has 0 heterocycles. The van der Waals surface area contributed by atoms with Crippen molar-refractivity contribution in [3.05, 3.63) is 60.8 Å². The first kappa shape index (κ1) is 51.6. The Hall–Kier alpha value is -2.40. The van der Waals surface area contributed by atoms with E-state index in [2.05, 4.69) is 81.5 Å². The van der Waals surface area contributed by atoms with Crippen molar-refractivity contribution in [2.45, 2.75) is 219 Å². The zero-order valence-electron chi connectivity index (χ0n) is 35.7. The fourth-order valence-corrected chi connectivity index (χ4v) is 6.19. The number of carbonyl (C=O) groups is 2. The Kier molecular flexibility index (Phi) is 43.0. The Morgan fingerprint density at radius 3 is 1.31 bits per heavy atom. The average molecular weight is 755 g/mol. The molecular weight excluding hydrogens is 669 g/mol. The van der Waals surface area contributed by atoms with E-state index in [9.17, 15) is 9.59 Å². The molecule has 0 saturated heterocycles. The number of rotatable bonds is 41. The highest BCUT2D eigenvalue weighted by Gasteiger charge is 2.17. The predicted molar refractivity (Wildman–Crippen MR) is 233 cm³/mol. The van der Waals surface area contributed by atoms with Crippen LogP contribution >= 0.6 is 0 Å². The van der Waals surface area contributed by atoms with Crippen molar-refractivity contribution in [1.29, 1.82) is 0 Å². The molecule has 5 nitrogen and oxygen atoms in total. The molecule has 54 heavy (non-hydrogen) atoms. The first-order valence-corrected chi connectivity index (χ1v) is 22.8. The lowest BCUT2D eigenvalue weighted by Crippen LogP contribution is -2.30. The lowest BCUT2D eigenvalue weighted by atomic mass is 10.0. The van der Waals surface area contributed by atoms with Gasteiger partial charge >= 0.3 is 11.9 Å². The van der Waals surface area contributed by atoms with Gasteiger partial charge in [-0.2, -0.15) is 0 Å². The third kappa shape index (κ3) is 42.3. The lowest BCUT2D eigenvalue weighted by Gasteiger charge is -2.18. The van der Waals surface area contributed by atoms with Crippen LogP contribution in [0.15, 0.2) is 60.8 Å². The van der Waals surface area contributed by atoms with Crippen LogP contribution in [0.5, 0.6) is 0 Å². The minimum Gasteiger partial charge on any atom is -0.462 e. The van der Waals surface area contributed by atoms with E-state index >= 15 is 0 Å². The molecule has 0 saturated carbocycles. The van der Waals surface area contributed by atoms with Crippen LogP contribution in [0.4, 0.5) is 0 Å². The Balaban J connectivity index is 4.28. The van der Waals surface area contributed by atoms with Crippen LogP contribution in [0, 0.1) is 0 Å². The summed E-state index contributed by atoms with van der Waals surface area (Å²) in [7, 11) is 0. The zero-order valence-corrected chi connectivity index (χ0v) is 35.7. The van der Waals surface area contributed by atoms with E-state index in [1.165, 1.54) is 109 Å². The Morgan fingerprint density at radius 2 is 0.833 bits per heavy atom. The maximum Gasteiger partial charge on any atom is 0.306 e. The molecule has 1 atom stereocenters. The number of allylic oxidation sites excluding steroid dienone is 10. The first-order chi connectivity index (χ1) is 26.6. The molecule has 0 aromatic heterocycles. The summed E-state index contributed by atoms with van der Waals surface area (Å²) >= 11 is 0. The van der Waals surface area contributed by atoms with Crippen LogP contribution in [0.3, 0.4) is 0 Å². The van der Waals surface area contributed by atoms with E-state index in [0.29, 0.717) is 19.4 Å². The molecule has 1 unspecified atom stereocenters. The molecule has 5 heteroatoms. The average Bonchev–Trinajstić information content (AvgIpc) is 3.17. The van der Waals surface area contributed by atoms with Gasteiger partial charge in [-0.05, 0) is 57.8 Å². The van der Waals surface area contributed by atoms with Crippen LogP contribution in [0.25, 0.3) is 0 Å². The highest BCUT2D eigenvalue weighted by atomic mass is 16.6. The fourth-order valence-electron chi connectivity index (χ4n) is 6.19. The minimum absolute atomic E-state index is 0.0578. The number of unbranched alkanes of at least 4 members (excludes halogenated alkanes) is 20. The van der Waals surface area contributed by atoms with E-state index < -0.39 is 6.10 Å². The zero-order chi connectivity index (χ0) is 39.3. The van der Waals surface area contributed by atoms with Crippen molar-refractivity contribution < 1.29 is 23.8 Å². The summed E-state index contributed by atoms with van der Waals surface area (Å²) in [5.74, 6) is -0.462. The smallest absolute Gasteiger partial charge is 0.306 e. The van der Waals surface area contributed by atoms with E-state index in [1.54, 1.807) is 0 Å². The van der Waals surface area contributed by atoms with Crippen molar-refractivity contribution in [1.82, 2.24) is 0 Å². The van der Waals surface area contributed by atoms with Crippen LogP contribution in [0.2, 0.25) is 0 Å². The topological polar surface area (TPSA) is 61.8 Å². The second kappa shape index (κ2) is 45.0. The summed E-state index contributed by atoms with van der Waals surface area (Å²) in [5.41, 5.74) is 0. The van der Waals surface area contributed by atoms with Crippen molar-refractivity contribution >= 4 is 11.9 Å². The highest BCUT2D eigenvalue weighted by molar-refractivity contribution is 5.70. The van der Waals surface area contributed by atoms with Gasteiger partial charge in [0.15, 0.2) is 6.10 Å². The van der Waals surface area contributed by atoms with Gasteiger partial charge in [-0.3, -0.25) is 9.59 Å². The van der Waals surface area contributed by atoms with Crippen LogP contribution < -0.4 is 0 Å². The fraction of sp³-hybridized carbons (Fsp3) is 0.755.